The van der Waals surface area contributed by atoms with E-state index < -0.39 is 0 Å². The fraction of sp³-hybridized carbons (Fsp3) is 0.667. The highest BCUT2D eigenvalue weighted by molar-refractivity contribution is 5.70. The molecule has 26 heavy (non-hydrogen) atoms. The van der Waals surface area contributed by atoms with Crippen molar-refractivity contribution < 1.29 is 19.1 Å². The number of anilines is 1. The van der Waals surface area contributed by atoms with Gasteiger partial charge in [0.05, 0.1) is 30.8 Å². The van der Waals surface area contributed by atoms with Crippen LogP contribution in [0.15, 0.2) is 12.1 Å². The summed E-state index contributed by atoms with van der Waals surface area (Å²) >= 11 is 0. The summed E-state index contributed by atoms with van der Waals surface area (Å²) in [4.78, 5) is 15.7. The maximum absolute atomic E-state index is 11.6. The Bertz CT molecular complexity index is 611. The van der Waals surface area contributed by atoms with Crippen LogP contribution < -0.4 is 14.4 Å². The molecule has 0 radical (unpaired) electrons. The predicted molar refractivity (Wildman–Crippen MR) is 101 cm³/mol. The molecule has 146 valence electrons. The first-order valence-corrected chi connectivity index (χ1v) is 9.07. The van der Waals surface area contributed by atoms with Crippen LogP contribution >= 0.6 is 0 Å². The molecule has 0 bridgehead atoms. The van der Waals surface area contributed by atoms with Crippen molar-refractivity contribution in [3.8, 4) is 11.5 Å². The molecule has 1 heterocycles. The summed E-state index contributed by atoms with van der Waals surface area (Å²) in [6, 6.07) is 3.50. The van der Waals surface area contributed by atoms with Gasteiger partial charge in [0.15, 0.2) is 11.5 Å². The maximum atomic E-state index is 11.6. The Morgan fingerprint density at radius 2 is 1.85 bits per heavy atom. The predicted octanol–water partition coefficient (Wildman–Crippen LogP) is 2.55. The highest BCUT2D eigenvalue weighted by atomic mass is 16.6. The van der Waals surface area contributed by atoms with Gasteiger partial charge in [0.1, 0.15) is 5.69 Å². The van der Waals surface area contributed by atoms with Crippen LogP contribution in [0.2, 0.25) is 0 Å². The summed E-state index contributed by atoms with van der Waals surface area (Å²) in [5, 5.41) is 11.6. The Balaban J connectivity index is 2.29. The van der Waals surface area contributed by atoms with E-state index in [2.05, 4.69) is 16.7 Å². The number of nitrogens with zero attached hydrogens (tertiary/aromatic N) is 3. The van der Waals surface area contributed by atoms with Crippen LogP contribution in [0.4, 0.5) is 11.4 Å². The monoisotopic (exact) mass is 367 g/mol. The van der Waals surface area contributed by atoms with Gasteiger partial charge in [-0.15, -0.1) is 0 Å². The molecule has 1 aliphatic rings. The van der Waals surface area contributed by atoms with Crippen LogP contribution in [0.3, 0.4) is 0 Å². The van der Waals surface area contributed by atoms with E-state index in [-0.39, 0.29) is 16.7 Å². The molecule has 0 N–H and O–H groups in total. The molecular weight excluding hydrogens is 338 g/mol. The minimum atomic E-state index is -0.352. The van der Waals surface area contributed by atoms with Gasteiger partial charge in [-0.25, -0.2) is 0 Å². The second kappa shape index (κ2) is 9.59. The van der Waals surface area contributed by atoms with Gasteiger partial charge in [0.25, 0.3) is 5.69 Å². The number of rotatable bonds is 9. The van der Waals surface area contributed by atoms with Gasteiger partial charge in [-0.3, -0.25) is 15.0 Å². The average Bonchev–Trinajstić information content (AvgIpc) is 2.62. The molecule has 1 aromatic carbocycles. The molecule has 1 unspecified atom stereocenters. The number of ether oxygens (including phenoxy) is 3. The Kier molecular flexibility index (Phi) is 7.47. The molecule has 1 saturated heterocycles. The molecule has 2 rings (SSSR count). The molecule has 0 amide bonds. The fourth-order valence-corrected chi connectivity index (χ4v) is 3.23. The summed E-state index contributed by atoms with van der Waals surface area (Å²) in [7, 11) is 1.69. The molecule has 0 saturated carbocycles. The summed E-state index contributed by atoms with van der Waals surface area (Å²) in [6.07, 6.45) is 0. The smallest absolute Gasteiger partial charge is 0.296 e. The zero-order chi connectivity index (χ0) is 19.1. The summed E-state index contributed by atoms with van der Waals surface area (Å²) < 4.78 is 16.3. The molecule has 8 nitrogen and oxygen atoms in total. The number of nitro groups is 1. The van der Waals surface area contributed by atoms with Gasteiger partial charge in [-0.1, -0.05) is 0 Å². The lowest BCUT2D eigenvalue weighted by atomic mass is 10.1. The van der Waals surface area contributed by atoms with Crippen molar-refractivity contribution >= 4 is 11.4 Å². The minimum absolute atomic E-state index is 0.0504. The number of hydrogen-bond acceptors (Lipinski definition) is 7. The molecule has 1 atom stereocenters. The fourth-order valence-electron chi connectivity index (χ4n) is 3.23. The van der Waals surface area contributed by atoms with Crippen LogP contribution in [0.25, 0.3) is 0 Å². The highest BCUT2D eigenvalue weighted by Gasteiger charge is 2.29. The second-order valence-electron chi connectivity index (χ2n) is 6.23. The zero-order valence-electron chi connectivity index (χ0n) is 16.1. The van der Waals surface area contributed by atoms with E-state index in [9.17, 15) is 10.1 Å². The van der Waals surface area contributed by atoms with Crippen LogP contribution in [0, 0.1) is 10.1 Å². The molecule has 1 aliphatic heterocycles. The third kappa shape index (κ3) is 4.76. The first kappa shape index (κ1) is 20.3. The third-order valence-electron chi connectivity index (χ3n) is 4.53. The van der Waals surface area contributed by atoms with Gasteiger partial charge in [-0.05, 0) is 20.8 Å². The number of benzene rings is 1. The zero-order valence-corrected chi connectivity index (χ0v) is 16.1. The van der Waals surface area contributed by atoms with Gasteiger partial charge in [-0.2, -0.15) is 0 Å². The molecule has 0 aromatic heterocycles. The molecular formula is C18H29N3O5. The first-order valence-electron chi connectivity index (χ1n) is 9.07. The van der Waals surface area contributed by atoms with E-state index >= 15 is 0 Å². The van der Waals surface area contributed by atoms with Crippen LogP contribution in [-0.4, -0.2) is 69.0 Å². The van der Waals surface area contributed by atoms with E-state index in [1.807, 2.05) is 13.8 Å². The van der Waals surface area contributed by atoms with Gasteiger partial charge < -0.3 is 19.1 Å². The van der Waals surface area contributed by atoms with Crippen molar-refractivity contribution in [3.63, 3.8) is 0 Å². The second-order valence-corrected chi connectivity index (χ2v) is 6.23. The summed E-state index contributed by atoms with van der Waals surface area (Å²) in [6.45, 7) is 10.6. The Labute approximate surface area is 154 Å². The molecule has 1 fully saturated rings. The van der Waals surface area contributed by atoms with Crippen molar-refractivity contribution in [3.05, 3.63) is 22.2 Å². The third-order valence-corrected chi connectivity index (χ3v) is 4.53. The SMILES string of the molecule is CCOc1cc(N2CCN(CCOC)C(C)C2)c([N+](=O)[O-])cc1OCC. The Hall–Kier alpha value is -2.06. The topological polar surface area (TPSA) is 77.3 Å². The number of nitro benzene ring substituents is 1. The molecule has 1 aromatic rings. The Morgan fingerprint density at radius 3 is 2.38 bits per heavy atom. The van der Waals surface area contributed by atoms with Gasteiger partial charge >= 0.3 is 0 Å². The lowest BCUT2D eigenvalue weighted by Crippen LogP contribution is -2.52. The lowest BCUT2D eigenvalue weighted by molar-refractivity contribution is -0.384. The minimum Gasteiger partial charge on any atom is -0.490 e. The summed E-state index contributed by atoms with van der Waals surface area (Å²) in [5.74, 6) is 0.959. The van der Waals surface area contributed by atoms with Gasteiger partial charge in [0.2, 0.25) is 0 Å². The molecule has 0 aliphatic carbocycles. The maximum Gasteiger partial charge on any atom is 0.296 e. The standard InChI is InChI=1S/C18H29N3O5/c1-5-25-17-11-15(16(21(22)23)12-18(17)26-6-2)20-8-7-19(9-10-24-4)14(3)13-20/h11-12,14H,5-10,13H2,1-4H3. The van der Waals surface area contributed by atoms with Crippen molar-refractivity contribution in [2.45, 2.75) is 26.8 Å². The van der Waals surface area contributed by atoms with Crippen LogP contribution in [-0.2, 0) is 4.74 Å². The van der Waals surface area contributed by atoms with Gasteiger partial charge in [0, 0.05) is 45.4 Å². The molecule has 8 heteroatoms. The lowest BCUT2D eigenvalue weighted by Gasteiger charge is -2.40. The Morgan fingerprint density at radius 1 is 1.19 bits per heavy atom. The average molecular weight is 367 g/mol. The highest BCUT2D eigenvalue weighted by Crippen LogP contribution is 2.40. The van der Waals surface area contributed by atoms with E-state index in [0.29, 0.717) is 50.1 Å². The van der Waals surface area contributed by atoms with Crippen LogP contribution in [0.1, 0.15) is 20.8 Å². The van der Waals surface area contributed by atoms with Crippen LogP contribution in [0.5, 0.6) is 11.5 Å². The van der Waals surface area contributed by atoms with Crippen molar-refractivity contribution in [2.24, 2.45) is 0 Å². The van der Waals surface area contributed by atoms with E-state index in [1.165, 1.54) is 6.07 Å². The number of hydrogen-bond donors (Lipinski definition) is 0. The first-order chi connectivity index (χ1) is 12.5. The number of piperazine rings is 1. The van der Waals surface area contributed by atoms with Crippen molar-refractivity contribution in [1.29, 1.82) is 0 Å². The van der Waals surface area contributed by atoms with E-state index in [0.717, 1.165) is 13.1 Å². The normalized spacial score (nSPS) is 18.0. The largest absolute Gasteiger partial charge is 0.490 e. The van der Waals surface area contributed by atoms with E-state index in [4.69, 9.17) is 14.2 Å². The number of methoxy groups -OCH3 is 1. The van der Waals surface area contributed by atoms with Crippen molar-refractivity contribution in [2.75, 3.05) is 58.0 Å². The van der Waals surface area contributed by atoms with E-state index in [1.54, 1.807) is 13.2 Å². The summed E-state index contributed by atoms with van der Waals surface area (Å²) in [5.41, 5.74) is 0.634. The quantitative estimate of drug-likeness (QED) is 0.490. The molecule has 0 spiro atoms. The van der Waals surface area contributed by atoms with Crippen molar-refractivity contribution in [1.82, 2.24) is 4.90 Å².